The van der Waals surface area contributed by atoms with Crippen LogP contribution < -0.4 is 11.1 Å². The number of pyridine rings is 1. The van der Waals surface area contributed by atoms with E-state index in [0.717, 1.165) is 23.4 Å². The van der Waals surface area contributed by atoms with E-state index in [1.165, 1.54) is 0 Å². The molecule has 0 amide bonds. The number of nitrogens with one attached hydrogen (secondary N) is 1. The van der Waals surface area contributed by atoms with Crippen molar-refractivity contribution >= 4 is 16.9 Å². The topological polar surface area (TPSA) is 60.1 Å². The van der Waals surface area contributed by atoms with Crippen LogP contribution in [0, 0.1) is 0 Å². The van der Waals surface area contributed by atoms with Crippen molar-refractivity contribution in [3.8, 4) is 0 Å². The van der Waals surface area contributed by atoms with Crippen LogP contribution in [0.1, 0.15) is 12.5 Å². The number of aromatic nitrogens is 2. The maximum absolute atomic E-state index is 11.9. The molecule has 0 aliphatic heterocycles. The van der Waals surface area contributed by atoms with Gasteiger partial charge in [0, 0.05) is 12.7 Å². The SMILES string of the molecule is CCNc1cc(Cn2c(=O)oc3ccccc32)ccn1. The molecule has 0 atom stereocenters. The largest absolute Gasteiger partial charge is 0.420 e. The van der Waals surface area contributed by atoms with Crippen molar-refractivity contribution in [2.75, 3.05) is 11.9 Å². The zero-order valence-electron chi connectivity index (χ0n) is 11.2. The first-order chi connectivity index (χ1) is 9.78. The predicted octanol–water partition coefficient (Wildman–Crippen LogP) is 2.47. The summed E-state index contributed by atoms with van der Waals surface area (Å²) in [5.41, 5.74) is 2.42. The van der Waals surface area contributed by atoms with E-state index < -0.39 is 0 Å². The predicted molar refractivity (Wildman–Crippen MR) is 78.0 cm³/mol. The molecule has 20 heavy (non-hydrogen) atoms. The minimum atomic E-state index is -0.340. The lowest BCUT2D eigenvalue weighted by molar-refractivity contribution is 0.517. The third-order valence-electron chi connectivity index (χ3n) is 3.10. The van der Waals surface area contributed by atoms with Gasteiger partial charge in [0.05, 0.1) is 12.1 Å². The van der Waals surface area contributed by atoms with Gasteiger partial charge in [-0.2, -0.15) is 0 Å². The molecular weight excluding hydrogens is 254 g/mol. The molecule has 0 unspecified atom stereocenters. The number of hydrogen-bond acceptors (Lipinski definition) is 4. The third-order valence-corrected chi connectivity index (χ3v) is 3.10. The van der Waals surface area contributed by atoms with E-state index in [-0.39, 0.29) is 5.76 Å². The molecule has 2 heterocycles. The Morgan fingerprint density at radius 2 is 2.15 bits per heavy atom. The highest BCUT2D eigenvalue weighted by molar-refractivity contribution is 5.72. The smallest absolute Gasteiger partial charge is 0.408 e. The molecule has 1 aromatic carbocycles. The van der Waals surface area contributed by atoms with Gasteiger partial charge in [-0.05, 0) is 36.8 Å². The number of benzene rings is 1. The Balaban J connectivity index is 1.99. The Bertz CT molecular complexity index is 789. The number of fused-ring (bicyclic) bond motifs is 1. The summed E-state index contributed by atoms with van der Waals surface area (Å²) in [6, 6.07) is 11.3. The highest BCUT2D eigenvalue weighted by atomic mass is 16.4. The zero-order chi connectivity index (χ0) is 13.9. The molecule has 2 aromatic heterocycles. The maximum Gasteiger partial charge on any atom is 0.420 e. The molecule has 102 valence electrons. The van der Waals surface area contributed by atoms with E-state index in [2.05, 4.69) is 10.3 Å². The lowest BCUT2D eigenvalue weighted by atomic mass is 10.2. The van der Waals surface area contributed by atoms with E-state index >= 15 is 0 Å². The van der Waals surface area contributed by atoms with Gasteiger partial charge in [-0.1, -0.05) is 12.1 Å². The summed E-state index contributed by atoms with van der Waals surface area (Å²) >= 11 is 0. The van der Waals surface area contributed by atoms with Crippen LogP contribution in [0.2, 0.25) is 0 Å². The fourth-order valence-electron chi connectivity index (χ4n) is 2.20. The van der Waals surface area contributed by atoms with E-state index in [4.69, 9.17) is 4.42 Å². The number of oxazole rings is 1. The average Bonchev–Trinajstić information content (AvgIpc) is 2.76. The molecule has 0 saturated heterocycles. The summed E-state index contributed by atoms with van der Waals surface area (Å²) in [6.45, 7) is 3.30. The quantitative estimate of drug-likeness (QED) is 0.790. The first kappa shape index (κ1) is 12.5. The molecule has 0 radical (unpaired) electrons. The van der Waals surface area contributed by atoms with E-state index in [9.17, 15) is 4.79 Å². The molecule has 0 bridgehead atoms. The Kier molecular flexibility index (Phi) is 3.25. The number of rotatable bonds is 4. The van der Waals surface area contributed by atoms with Crippen LogP contribution in [0.3, 0.4) is 0 Å². The first-order valence-electron chi connectivity index (χ1n) is 6.55. The second-order valence-corrected chi connectivity index (χ2v) is 4.50. The second-order valence-electron chi connectivity index (χ2n) is 4.50. The molecule has 3 rings (SSSR count). The maximum atomic E-state index is 11.9. The van der Waals surface area contributed by atoms with Crippen LogP contribution >= 0.6 is 0 Å². The van der Waals surface area contributed by atoms with Crippen molar-refractivity contribution in [1.82, 2.24) is 9.55 Å². The van der Waals surface area contributed by atoms with E-state index in [0.29, 0.717) is 12.1 Å². The van der Waals surface area contributed by atoms with Crippen LogP contribution in [-0.2, 0) is 6.54 Å². The van der Waals surface area contributed by atoms with E-state index in [1.54, 1.807) is 16.8 Å². The molecule has 0 spiro atoms. The van der Waals surface area contributed by atoms with Crippen molar-refractivity contribution < 1.29 is 4.42 Å². The van der Waals surface area contributed by atoms with Crippen molar-refractivity contribution in [3.63, 3.8) is 0 Å². The number of nitrogens with zero attached hydrogens (tertiary/aromatic N) is 2. The monoisotopic (exact) mass is 269 g/mol. The van der Waals surface area contributed by atoms with Gasteiger partial charge < -0.3 is 9.73 Å². The number of anilines is 1. The minimum Gasteiger partial charge on any atom is -0.408 e. The lowest BCUT2D eigenvalue weighted by Crippen LogP contribution is -2.15. The summed E-state index contributed by atoms with van der Waals surface area (Å²) in [4.78, 5) is 16.1. The van der Waals surface area contributed by atoms with E-state index in [1.807, 2.05) is 37.3 Å². The minimum absolute atomic E-state index is 0.340. The zero-order valence-corrected chi connectivity index (χ0v) is 11.2. The lowest BCUT2D eigenvalue weighted by Gasteiger charge is -2.06. The van der Waals surface area contributed by atoms with Crippen LogP contribution in [0.15, 0.2) is 51.8 Å². The molecule has 0 fully saturated rings. The number of para-hydroxylation sites is 2. The molecule has 1 N–H and O–H groups in total. The van der Waals surface area contributed by atoms with Gasteiger partial charge in [0.1, 0.15) is 5.82 Å². The Labute approximate surface area is 115 Å². The Morgan fingerprint density at radius 1 is 1.30 bits per heavy atom. The molecule has 5 nitrogen and oxygen atoms in total. The van der Waals surface area contributed by atoms with Gasteiger partial charge in [-0.15, -0.1) is 0 Å². The van der Waals surface area contributed by atoms with Crippen molar-refractivity contribution in [2.24, 2.45) is 0 Å². The van der Waals surface area contributed by atoms with Gasteiger partial charge in [0.15, 0.2) is 5.58 Å². The molecule has 0 aliphatic carbocycles. The van der Waals surface area contributed by atoms with Crippen molar-refractivity contribution in [2.45, 2.75) is 13.5 Å². The van der Waals surface area contributed by atoms with Crippen molar-refractivity contribution in [1.29, 1.82) is 0 Å². The summed E-state index contributed by atoms with van der Waals surface area (Å²) in [7, 11) is 0. The first-order valence-corrected chi connectivity index (χ1v) is 6.55. The van der Waals surface area contributed by atoms with Crippen molar-refractivity contribution in [3.05, 3.63) is 58.7 Å². The van der Waals surface area contributed by atoms with Crippen LogP contribution in [0.25, 0.3) is 11.1 Å². The van der Waals surface area contributed by atoms with Crippen LogP contribution in [-0.4, -0.2) is 16.1 Å². The molecule has 0 aliphatic rings. The van der Waals surface area contributed by atoms with Crippen LogP contribution in [0.5, 0.6) is 0 Å². The Hall–Kier alpha value is -2.56. The fraction of sp³-hybridized carbons (Fsp3) is 0.200. The molecular formula is C15H15N3O2. The summed E-state index contributed by atoms with van der Waals surface area (Å²) in [5, 5.41) is 3.16. The second kappa shape index (κ2) is 5.21. The van der Waals surface area contributed by atoms with Gasteiger partial charge in [0.2, 0.25) is 0 Å². The summed E-state index contributed by atoms with van der Waals surface area (Å²) < 4.78 is 6.85. The third kappa shape index (κ3) is 2.30. The highest BCUT2D eigenvalue weighted by Crippen LogP contribution is 2.14. The van der Waals surface area contributed by atoms with Gasteiger partial charge in [0.25, 0.3) is 0 Å². The van der Waals surface area contributed by atoms with Crippen LogP contribution in [0.4, 0.5) is 5.82 Å². The molecule has 5 heteroatoms. The van der Waals surface area contributed by atoms with Gasteiger partial charge in [-0.3, -0.25) is 4.57 Å². The summed E-state index contributed by atoms with van der Waals surface area (Å²) in [6.07, 6.45) is 1.74. The Morgan fingerprint density at radius 3 is 3.00 bits per heavy atom. The van der Waals surface area contributed by atoms with Gasteiger partial charge in [-0.25, -0.2) is 9.78 Å². The normalized spacial score (nSPS) is 10.8. The number of hydrogen-bond donors (Lipinski definition) is 1. The summed E-state index contributed by atoms with van der Waals surface area (Å²) in [5.74, 6) is 0.471. The fourth-order valence-corrected chi connectivity index (χ4v) is 2.20. The highest BCUT2D eigenvalue weighted by Gasteiger charge is 2.09. The molecule has 3 aromatic rings. The average molecular weight is 269 g/mol. The standard InChI is InChI=1S/C15H15N3O2/c1-2-16-14-9-11(7-8-17-14)10-18-12-5-3-4-6-13(12)20-15(18)19/h3-9H,2,10H2,1H3,(H,16,17). The van der Waals surface area contributed by atoms with Gasteiger partial charge >= 0.3 is 5.76 Å². The molecule has 0 saturated carbocycles.